The molecule has 4 saturated carbocycles. The van der Waals surface area contributed by atoms with Gasteiger partial charge >= 0.3 is 7.69 Å². The predicted octanol–water partition coefficient (Wildman–Crippen LogP) is 8.02. The molecule has 1 N–H and O–H groups in total. The van der Waals surface area contributed by atoms with E-state index in [-0.39, 0.29) is 13.1 Å². The Morgan fingerprint density at radius 1 is 0.615 bits per heavy atom. The highest BCUT2D eigenvalue weighted by molar-refractivity contribution is 6.18. The van der Waals surface area contributed by atoms with Crippen molar-refractivity contribution in [1.29, 1.82) is 0 Å². The molecule has 4 fully saturated rings. The first kappa shape index (κ1) is 22.3. The maximum absolute atomic E-state index is 9.45. The first-order chi connectivity index (χ1) is 19.2. The summed E-state index contributed by atoms with van der Waals surface area (Å²) in [4.78, 5) is 0. The minimum absolute atomic E-state index is 0.133. The zero-order valence-corrected chi connectivity index (χ0v) is 22.1. The van der Waals surface area contributed by atoms with Crippen LogP contribution in [0.2, 0.25) is 0 Å². The Hall–Kier alpha value is -3.56. The molecule has 0 aliphatic heterocycles. The van der Waals surface area contributed by atoms with Gasteiger partial charge in [0, 0.05) is 10.8 Å². The van der Waals surface area contributed by atoms with Crippen LogP contribution in [0.5, 0.6) is 5.75 Å². The third-order valence-corrected chi connectivity index (χ3v) is 10.9. The fraction of sp³-hybridized carbons (Fsp3) is 0.278. The second-order valence-corrected chi connectivity index (χ2v) is 12.6. The van der Waals surface area contributed by atoms with Gasteiger partial charge in [0.25, 0.3) is 0 Å². The van der Waals surface area contributed by atoms with E-state index < -0.39 is 0 Å². The van der Waals surface area contributed by atoms with Crippen molar-refractivity contribution in [3.8, 4) is 28.0 Å². The van der Waals surface area contributed by atoms with Gasteiger partial charge in [0.15, 0.2) is 0 Å². The van der Waals surface area contributed by atoms with Gasteiger partial charge in [-0.3, -0.25) is 0 Å². The lowest BCUT2D eigenvalue weighted by atomic mass is 9.43. The van der Waals surface area contributed by atoms with Gasteiger partial charge in [-0.15, -0.1) is 0 Å². The number of hydrogen-bond donors (Lipinski definition) is 1. The van der Waals surface area contributed by atoms with Crippen LogP contribution in [0, 0.1) is 23.7 Å². The molecule has 3 heteroatoms. The molecule has 4 bridgehead atoms. The third-order valence-electron chi connectivity index (χ3n) is 10.9. The molecule has 1 spiro atoms. The lowest BCUT2D eigenvalue weighted by molar-refractivity contribution is -0.0398. The Morgan fingerprint density at radius 2 is 1.31 bits per heavy atom. The van der Waals surface area contributed by atoms with Gasteiger partial charge < -0.3 is 9.68 Å². The molecule has 5 aromatic rings. The summed E-state index contributed by atoms with van der Waals surface area (Å²) in [6.07, 6.45) is 7.02. The van der Waals surface area contributed by atoms with Crippen LogP contribution in [0.15, 0.2) is 91.0 Å². The van der Waals surface area contributed by atoms with E-state index in [1.165, 1.54) is 70.5 Å². The van der Waals surface area contributed by atoms with Crippen LogP contribution in [0.4, 0.5) is 0 Å². The molecule has 5 aliphatic rings. The molecule has 0 radical (unpaired) electrons. The van der Waals surface area contributed by atoms with Gasteiger partial charge in [-0.25, -0.2) is 0 Å². The minimum Gasteiger partial charge on any atom is -0.538 e. The first-order valence-electron chi connectivity index (χ1n) is 14.7. The monoisotopic (exact) mass is 506 g/mol. The summed E-state index contributed by atoms with van der Waals surface area (Å²) in [6.45, 7) is 0. The summed E-state index contributed by atoms with van der Waals surface area (Å²) in [7, 11) is -0.317. The molecule has 0 aromatic heterocycles. The molecule has 0 unspecified atom stereocenters. The fourth-order valence-corrected chi connectivity index (χ4v) is 9.77. The van der Waals surface area contributed by atoms with Gasteiger partial charge in [-0.2, -0.15) is 0 Å². The van der Waals surface area contributed by atoms with Gasteiger partial charge in [0.1, 0.15) is 5.75 Å². The average Bonchev–Trinajstić information content (AvgIpc) is 3.23. The second-order valence-electron chi connectivity index (χ2n) is 12.6. The van der Waals surface area contributed by atoms with E-state index in [0.717, 1.165) is 34.8 Å². The summed E-state index contributed by atoms with van der Waals surface area (Å²) in [5, 5.41) is 14.4. The van der Waals surface area contributed by atoms with Crippen LogP contribution in [0.3, 0.4) is 0 Å². The van der Waals surface area contributed by atoms with E-state index in [9.17, 15) is 5.02 Å². The molecule has 0 atom stereocenters. The lowest BCUT2D eigenvalue weighted by Gasteiger charge is -2.61. The molecule has 0 amide bonds. The number of rotatable bonds is 3. The zero-order chi connectivity index (χ0) is 25.7. The van der Waals surface area contributed by atoms with Gasteiger partial charge in [-0.05, 0) is 130 Å². The molecular formula is C36H31BO2. The molecule has 0 heterocycles. The summed E-state index contributed by atoms with van der Waals surface area (Å²) in [5.74, 6) is 4.06. The van der Waals surface area contributed by atoms with Crippen molar-refractivity contribution < 1.29 is 9.68 Å². The van der Waals surface area contributed by atoms with Crippen LogP contribution < -0.4 is 4.65 Å². The van der Waals surface area contributed by atoms with E-state index in [1.807, 2.05) is 12.1 Å². The minimum atomic E-state index is -0.317. The van der Waals surface area contributed by atoms with E-state index in [2.05, 4.69) is 78.9 Å². The Labute approximate surface area is 229 Å². The zero-order valence-electron chi connectivity index (χ0n) is 22.1. The third kappa shape index (κ3) is 2.92. The Kier molecular flexibility index (Phi) is 4.56. The quantitative estimate of drug-likeness (QED) is 0.251. The Balaban J connectivity index is 1.31. The topological polar surface area (TPSA) is 29.5 Å². The van der Waals surface area contributed by atoms with E-state index in [0.29, 0.717) is 0 Å². The summed E-state index contributed by atoms with van der Waals surface area (Å²) < 4.78 is 5.57. The summed E-state index contributed by atoms with van der Waals surface area (Å²) in [5.41, 5.74) is 8.77. The van der Waals surface area contributed by atoms with Crippen LogP contribution in [-0.2, 0) is 5.41 Å². The van der Waals surface area contributed by atoms with Crippen LogP contribution >= 0.6 is 0 Å². The van der Waals surface area contributed by atoms with Crippen molar-refractivity contribution >= 4 is 29.2 Å². The van der Waals surface area contributed by atoms with Crippen LogP contribution in [0.25, 0.3) is 43.8 Å². The van der Waals surface area contributed by atoms with Crippen molar-refractivity contribution in [2.45, 2.75) is 37.5 Å². The standard InChI is InChI=1S/C36H31BO2/c38-37-39-35-10-4-8-29-28(7-3-9-31(29)35)25-11-12-30-32-18-23-5-1-2-6-24(23)19-34(32)36(33(30)20-25)26-14-21-13-22(16-26)17-27(36)15-21/h1-12,18-22,26-27,37-38H,13-17H2. The fourth-order valence-electron chi connectivity index (χ4n) is 9.77. The number of hydrogen-bond acceptors (Lipinski definition) is 2. The molecule has 5 aromatic carbocycles. The van der Waals surface area contributed by atoms with Gasteiger partial charge in [-0.1, -0.05) is 66.7 Å². The maximum Gasteiger partial charge on any atom is 0.504 e. The summed E-state index contributed by atoms with van der Waals surface area (Å²) in [6, 6.07) is 33.9. The molecule has 0 saturated heterocycles. The van der Waals surface area contributed by atoms with Gasteiger partial charge in [0.05, 0.1) is 0 Å². The van der Waals surface area contributed by atoms with Crippen LogP contribution in [-0.4, -0.2) is 12.7 Å². The highest BCUT2D eigenvalue weighted by Gasteiger charge is 2.61. The smallest absolute Gasteiger partial charge is 0.504 e. The molecular weight excluding hydrogens is 475 g/mol. The average molecular weight is 506 g/mol. The van der Waals surface area contributed by atoms with E-state index >= 15 is 0 Å². The van der Waals surface area contributed by atoms with Crippen molar-refractivity contribution in [1.82, 2.24) is 0 Å². The lowest BCUT2D eigenvalue weighted by Crippen LogP contribution is -2.55. The highest BCUT2D eigenvalue weighted by atomic mass is 16.5. The Morgan fingerprint density at radius 3 is 2.08 bits per heavy atom. The normalized spacial score (nSPS) is 27.7. The van der Waals surface area contributed by atoms with Crippen molar-refractivity contribution in [3.63, 3.8) is 0 Å². The molecule has 2 nitrogen and oxygen atoms in total. The van der Waals surface area contributed by atoms with E-state index in [4.69, 9.17) is 4.65 Å². The Bertz CT molecular complexity index is 1780. The predicted molar refractivity (Wildman–Crippen MR) is 160 cm³/mol. The second kappa shape index (κ2) is 7.99. The summed E-state index contributed by atoms with van der Waals surface area (Å²) >= 11 is 0. The molecule has 39 heavy (non-hydrogen) atoms. The van der Waals surface area contributed by atoms with Crippen molar-refractivity contribution in [2.75, 3.05) is 0 Å². The van der Waals surface area contributed by atoms with E-state index in [1.54, 1.807) is 11.1 Å². The van der Waals surface area contributed by atoms with Crippen molar-refractivity contribution in [2.24, 2.45) is 23.7 Å². The van der Waals surface area contributed by atoms with Gasteiger partial charge in [0.2, 0.25) is 0 Å². The number of fused-ring (bicyclic) bond motifs is 5. The number of benzene rings is 5. The van der Waals surface area contributed by atoms with Crippen molar-refractivity contribution in [3.05, 3.63) is 102 Å². The molecule has 10 rings (SSSR count). The highest BCUT2D eigenvalue weighted by Crippen LogP contribution is 2.69. The molecule has 190 valence electrons. The first-order valence-corrected chi connectivity index (χ1v) is 14.7. The maximum atomic E-state index is 9.45. The SMILES string of the molecule is OBOc1cccc2c(-c3ccc4c(c3)C3(c5cc6ccccc6cc5-4)C4CC5CC(C4)CC3C5)cccc12. The van der Waals surface area contributed by atoms with Crippen LogP contribution in [0.1, 0.15) is 43.2 Å². The molecule has 5 aliphatic carbocycles. The largest absolute Gasteiger partial charge is 0.538 e.